The Kier molecular flexibility index (Phi) is 4.46. The van der Waals surface area contributed by atoms with E-state index in [4.69, 9.17) is 4.74 Å². The van der Waals surface area contributed by atoms with Crippen molar-refractivity contribution in [3.63, 3.8) is 0 Å². The minimum Gasteiger partial charge on any atom is -0.495 e. The molecule has 0 aliphatic carbocycles. The highest BCUT2D eigenvalue weighted by molar-refractivity contribution is 5.91. The SMILES string of the molecule is COc1cccc(C)c1NC(=O)NCC1(O)CCNC1. The zero-order valence-corrected chi connectivity index (χ0v) is 11.8. The van der Waals surface area contributed by atoms with Gasteiger partial charge in [-0.3, -0.25) is 0 Å². The lowest BCUT2D eigenvalue weighted by molar-refractivity contribution is 0.0640. The maximum absolute atomic E-state index is 11.9. The number of ether oxygens (including phenoxy) is 1. The monoisotopic (exact) mass is 279 g/mol. The number of carbonyl (C=O) groups excluding carboxylic acids is 1. The number of aryl methyl sites for hydroxylation is 1. The molecule has 1 aromatic rings. The van der Waals surface area contributed by atoms with Crippen molar-refractivity contribution in [2.75, 3.05) is 32.1 Å². The minimum absolute atomic E-state index is 0.222. The van der Waals surface area contributed by atoms with Gasteiger partial charge in [-0.25, -0.2) is 4.79 Å². The van der Waals surface area contributed by atoms with Gasteiger partial charge < -0.3 is 25.8 Å². The van der Waals surface area contributed by atoms with Crippen LogP contribution in [0.5, 0.6) is 5.75 Å². The Bertz CT molecular complexity index is 485. The van der Waals surface area contributed by atoms with Crippen LogP contribution in [-0.4, -0.2) is 43.5 Å². The third-order valence-corrected chi connectivity index (χ3v) is 3.49. The number of para-hydroxylation sites is 1. The molecule has 1 aliphatic heterocycles. The third kappa shape index (κ3) is 3.40. The standard InChI is InChI=1S/C14H21N3O3/c1-10-4-3-5-11(20-2)12(10)17-13(18)16-9-14(19)6-7-15-8-14/h3-5,15,19H,6-9H2,1-2H3,(H2,16,17,18). The highest BCUT2D eigenvalue weighted by Gasteiger charge is 2.31. The minimum atomic E-state index is -0.854. The van der Waals surface area contributed by atoms with E-state index in [2.05, 4.69) is 16.0 Å². The molecule has 0 spiro atoms. The summed E-state index contributed by atoms with van der Waals surface area (Å²) in [6.07, 6.45) is 0.640. The van der Waals surface area contributed by atoms with Gasteiger partial charge in [-0.05, 0) is 31.5 Å². The Labute approximate surface area is 118 Å². The Morgan fingerprint density at radius 3 is 3.00 bits per heavy atom. The predicted molar refractivity (Wildman–Crippen MR) is 77.2 cm³/mol. The quantitative estimate of drug-likeness (QED) is 0.658. The summed E-state index contributed by atoms with van der Waals surface area (Å²) in [5, 5.41) is 18.7. The van der Waals surface area contributed by atoms with Crippen LogP contribution in [0.2, 0.25) is 0 Å². The molecule has 1 aromatic carbocycles. The van der Waals surface area contributed by atoms with Crippen molar-refractivity contribution in [3.8, 4) is 5.75 Å². The second kappa shape index (κ2) is 6.11. The summed E-state index contributed by atoms with van der Waals surface area (Å²) < 4.78 is 5.22. The van der Waals surface area contributed by atoms with Gasteiger partial charge in [-0.15, -0.1) is 0 Å². The van der Waals surface area contributed by atoms with E-state index >= 15 is 0 Å². The van der Waals surface area contributed by atoms with E-state index in [1.165, 1.54) is 0 Å². The number of methoxy groups -OCH3 is 1. The number of rotatable bonds is 4. The highest BCUT2D eigenvalue weighted by Crippen LogP contribution is 2.27. The molecule has 1 aliphatic rings. The first-order valence-corrected chi connectivity index (χ1v) is 6.66. The lowest BCUT2D eigenvalue weighted by Gasteiger charge is -2.22. The molecule has 0 bridgehead atoms. The van der Waals surface area contributed by atoms with Crippen LogP contribution in [0.3, 0.4) is 0 Å². The van der Waals surface area contributed by atoms with Crippen LogP contribution in [0.4, 0.5) is 10.5 Å². The number of carbonyl (C=O) groups is 1. The van der Waals surface area contributed by atoms with E-state index in [0.717, 1.165) is 12.1 Å². The summed E-state index contributed by atoms with van der Waals surface area (Å²) in [6.45, 7) is 3.39. The Hall–Kier alpha value is -1.79. The van der Waals surface area contributed by atoms with E-state index in [-0.39, 0.29) is 12.6 Å². The van der Waals surface area contributed by atoms with Crippen LogP contribution in [0.15, 0.2) is 18.2 Å². The van der Waals surface area contributed by atoms with Crippen molar-refractivity contribution in [2.45, 2.75) is 18.9 Å². The molecule has 2 amide bonds. The number of hydrogen-bond donors (Lipinski definition) is 4. The molecule has 0 radical (unpaired) electrons. The molecule has 6 heteroatoms. The number of hydrogen-bond acceptors (Lipinski definition) is 4. The molecule has 0 saturated carbocycles. The molecule has 1 heterocycles. The average molecular weight is 279 g/mol. The van der Waals surface area contributed by atoms with Crippen molar-refractivity contribution in [3.05, 3.63) is 23.8 Å². The summed E-state index contributed by atoms with van der Waals surface area (Å²) in [5.74, 6) is 0.612. The molecule has 2 rings (SSSR count). The van der Waals surface area contributed by atoms with Crippen molar-refractivity contribution >= 4 is 11.7 Å². The lowest BCUT2D eigenvalue weighted by Crippen LogP contribution is -2.45. The number of aliphatic hydroxyl groups is 1. The van der Waals surface area contributed by atoms with Crippen LogP contribution >= 0.6 is 0 Å². The summed E-state index contributed by atoms with van der Waals surface area (Å²) >= 11 is 0. The Balaban J connectivity index is 1.94. The van der Waals surface area contributed by atoms with E-state index in [9.17, 15) is 9.90 Å². The molecule has 1 saturated heterocycles. The number of nitrogens with one attached hydrogen (secondary N) is 3. The largest absolute Gasteiger partial charge is 0.495 e. The normalized spacial score (nSPS) is 21.6. The summed E-state index contributed by atoms with van der Waals surface area (Å²) in [5.41, 5.74) is 0.706. The zero-order valence-electron chi connectivity index (χ0n) is 11.8. The van der Waals surface area contributed by atoms with Crippen LogP contribution in [0.1, 0.15) is 12.0 Å². The van der Waals surface area contributed by atoms with Gasteiger partial charge in [-0.2, -0.15) is 0 Å². The lowest BCUT2D eigenvalue weighted by atomic mass is 10.0. The fourth-order valence-electron chi connectivity index (χ4n) is 2.26. The topological polar surface area (TPSA) is 82.6 Å². The second-order valence-corrected chi connectivity index (χ2v) is 5.11. The predicted octanol–water partition coefficient (Wildman–Crippen LogP) is 0.850. The molecule has 4 N–H and O–H groups in total. The summed E-state index contributed by atoms with van der Waals surface area (Å²) in [6, 6.07) is 5.20. The van der Waals surface area contributed by atoms with E-state index < -0.39 is 5.60 Å². The number of urea groups is 1. The molecule has 20 heavy (non-hydrogen) atoms. The van der Waals surface area contributed by atoms with Gasteiger partial charge in [0.2, 0.25) is 0 Å². The molecule has 1 fully saturated rings. The molecule has 1 atom stereocenters. The number of anilines is 1. The fourth-order valence-corrected chi connectivity index (χ4v) is 2.26. The smallest absolute Gasteiger partial charge is 0.319 e. The van der Waals surface area contributed by atoms with E-state index in [0.29, 0.717) is 24.4 Å². The Morgan fingerprint density at radius 2 is 2.35 bits per heavy atom. The maximum atomic E-state index is 11.9. The zero-order chi connectivity index (χ0) is 14.6. The summed E-state index contributed by atoms with van der Waals surface area (Å²) in [7, 11) is 1.56. The van der Waals surface area contributed by atoms with Crippen molar-refractivity contribution in [1.82, 2.24) is 10.6 Å². The molecular formula is C14H21N3O3. The number of benzene rings is 1. The van der Waals surface area contributed by atoms with Gasteiger partial charge in [0.25, 0.3) is 0 Å². The molecule has 6 nitrogen and oxygen atoms in total. The van der Waals surface area contributed by atoms with Crippen LogP contribution < -0.4 is 20.7 Å². The van der Waals surface area contributed by atoms with Gasteiger partial charge in [0.05, 0.1) is 18.4 Å². The number of β-amino-alcohol motifs (C(OH)–C–C–N with tert-alkyl or cyclic N) is 1. The van der Waals surface area contributed by atoms with Crippen LogP contribution in [0.25, 0.3) is 0 Å². The average Bonchev–Trinajstić information content (AvgIpc) is 2.86. The maximum Gasteiger partial charge on any atom is 0.319 e. The van der Waals surface area contributed by atoms with Gasteiger partial charge in [0.15, 0.2) is 0 Å². The molecule has 1 unspecified atom stereocenters. The first-order chi connectivity index (χ1) is 9.54. The highest BCUT2D eigenvalue weighted by atomic mass is 16.5. The number of amides is 2. The van der Waals surface area contributed by atoms with E-state index in [1.807, 2.05) is 19.1 Å². The van der Waals surface area contributed by atoms with Crippen molar-refractivity contribution < 1.29 is 14.6 Å². The molecule has 110 valence electrons. The first-order valence-electron chi connectivity index (χ1n) is 6.66. The van der Waals surface area contributed by atoms with Gasteiger partial charge in [0.1, 0.15) is 5.75 Å². The third-order valence-electron chi connectivity index (χ3n) is 3.49. The first kappa shape index (κ1) is 14.6. The van der Waals surface area contributed by atoms with Crippen LogP contribution in [-0.2, 0) is 0 Å². The molecule has 0 aromatic heterocycles. The van der Waals surface area contributed by atoms with Gasteiger partial charge >= 0.3 is 6.03 Å². The van der Waals surface area contributed by atoms with E-state index in [1.54, 1.807) is 13.2 Å². The van der Waals surface area contributed by atoms with Crippen molar-refractivity contribution in [2.24, 2.45) is 0 Å². The van der Waals surface area contributed by atoms with Gasteiger partial charge in [-0.1, -0.05) is 12.1 Å². The fraction of sp³-hybridized carbons (Fsp3) is 0.500. The van der Waals surface area contributed by atoms with Gasteiger partial charge in [0, 0.05) is 13.1 Å². The van der Waals surface area contributed by atoms with Crippen LogP contribution in [0, 0.1) is 6.92 Å². The second-order valence-electron chi connectivity index (χ2n) is 5.11. The Morgan fingerprint density at radius 1 is 1.55 bits per heavy atom. The summed E-state index contributed by atoms with van der Waals surface area (Å²) in [4.78, 5) is 11.9. The molecular weight excluding hydrogens is 258 g/mol. The van der Waals surface area contributed by atoms with Crippen molar-refractivity contribution in [1.29, 1.82) is 0 Å².